The van der Waals surface area contributed by atoms with Crippen LogP contribution >= 0.6 is 24.0 Å². The number of hydrogen-bond acceptors (Lipinski definition) is 3. The highest BCUT2D eigenvalue weighted by Crippen LogP contribution is 2.19. The summed E-state index contributed by atoms with van der Waals surface area (Å²) in [7, 11) is 3.37. The zero-order chi connectivity index (χ0) is 18.1. The fourth-order valence-electron chi connectivity index (χ4n) is 2.50. The number of guanidine groups is 1. The first-order chi connectivity index (χ1) is 12.2. The molecule has 0 fully saturated rings. The molecule has 0 bridgehead atoms. The summed E-state index contributed by atoms with van der Waals surface area (Å²) in [5.41, 5.74) is 3.32. The zero-order valence-corrected chi connectivity index (χ0v) is 18.2. The number of ether oxygens (including phenoxy) is 2. The van der Waals surface area contributed by atoms with Gasteiger partial charge in [-0.05, 0) is 37.1 Å². The molecule has 0 aliphatic rings. The monoisotopic (exact) mass is 469 g/mol. The van der Waals surface area contributed by atoms with Crippen LogP contribution in [0.2, 0.25) is 0 Å². The summed E-state index contributed by atoms with van der Waals surface area (Å²) in [5.74, 6) is 2.53. The van der Waals surface area contributed by atoms with Crippen LogP contribution in [0, 0.1) is 6.92 Å². The van der Waals surface area contributed by atoms with Gasteiger partial charge in [-0.3, -0.25) is 0 Å². The Kier molecular flexibility index (Phi) is 9.87. The normalized spacial score (nSPS) is 10.7. The van der Waals surface area contributed by atoms with E-state index in [0.717, 1.165) is 40.7 Å². The molecule has 0 aliphatic heterocycles. The zero-order valence-electron chi connectivity index (χ0n) is 15.8. The van der Waals surface area contributed by atoms with Crippen LogP contribution in [0.3, 0.4) is 0 Å². The van der Waals surface area contributed by atoms with Crippen molar-refractivity contribution in [2.75, 3.05) is 20.8 Å². The minimum atomic E-state index is 0. The van der Waals surface area contributed by atoms with Crippen molar-refractivity contribution in [2.45, 2.75) is 26.9 Å². The van der Waals surface area contributed by atoms with Crippen LogP contribution in [0.15, 0.2) is 47.5 Å². The number of aliphatic imine (C=N–C) groups is 1. The van der Waals surface area contributed by atoms with Crippen molar-refractivity contribution in [3.63, 3.8) is 0 Å². The van der Waals surface area contributed by atoms with Crippen LogP contribution in [-0.4, -0.2) is 26.7 Å². The number of nitrogens with zero attached hydrogens (tertiary/aromatic N) is 1. The Balaban J connectivity index is 0.00000338. The van der Waals surface area contributed by atoms with Crippen LogP contribution in [-0.2, 0) is 13.1 Å². The topological polar surface area (TPSA) is 54.9 Å². The van der Waals surface area contributed by atoms with Gasteiger partial charge in [0.2, 0.25) is 0 Å². The van der Waals surface area contributed by atoms with Gasteiger partial charge in [0.1, 0.15) is 11.5 Å². The Morgan fingerprint density at radius 3 is 2.42 bits per heavy atom. The standard InChI is InChI=1S/C20H27N3O2.HI/c1-5-21-20(23-14-17-8-6-7-9-18(17)24-3)22-13-16-11-10-15(2)19(12-16)25-4;/h6-12H,5,13-14H2,1-4H3,(H2,21,22,23);1H. The number of methoxy groups -OCH3 is 2. The van der Waals surface area contributed by atoms with Crippen molar-refractivity contribution in [1.82, 2.24) is 10.6 Å². The molecule has 0 spiro atoms. The molecular weight excluding hydrogens is 441 g/mol. The summed E-state index contributed by atoms with van der Waals surface area (Å²) in [5, 5.41) is 6.62. The molecule has 0 aliphatic carbocycles. The molecule has 0 saturated carbocycles. The summed E-state index contributed by atoms with van der Waals surface area (Å²) < 4.78 is 10.8. The van der Waals surface area contributed by atoms with E-state index < -0.39 is 0 Å². The molecule has 0 atom stereocenters. The third-order valence-electron chi connectivity index (χ3n) is 3.88. The van der Waals surface area contributed by atoms with Crippen LogP contribution in [0.5, 0.6) is 11.5 Å². The number of para-hydroxylation sites is 1. The van der Waals surface area contributed by atoms with Crippen molar-refractivity contribution in [1.29, 1.82) is 0 Å². The lowest BCUT2D eigenvalue weighted by Crippen LogP contribution is -2.36. The van der Waals surface area contributed by atoms with E-state index in [2.05, 4.69) is 34.7 Å². The maximum atomic E-state index is 5.39. The quantitative estimate of drug-likeness (QED) is 0.367. The smallest absolute Gasteiger partial charge is 0.191 e. The molecule has 0 saturated heterocycles. The minimum Gasteiger partial charge on any atom is -0.496 e. The lowest BCUT2D eigenvalue weighted by molar-refractivity contribution is 0.409. The molecule has 142 valence electrons. The molecule has 0 radical (unpaired) electrons. The molecule has 2 rings (SSSR count). The van der Waals surface area contributed by atoms with Crippen molar-refractivity contribution in [3.8, 4) is 11.5 Å². The minimum absolute atomic E-state index is 0. The van der Waals surface area contributed by atoms with E-state index in [0.29, 0.717) is 13.1 Å². The van der Waals surface area contributed by atoms with E-state index in [-0.39, 0.29) is 24.0 Å². The Morgan fingerprint density at radius 1 is 1.00 bits per heavy atom. The molecule has 26 heavy (non-hydrogen) atoms. The van der Waals surface area contributed by atoms with E-state index in [1.807, 2.05) is 37.3 Å². The average Bonchev–Trinajstić information content (AvgIpc) is 2.65. The number of hydrogen-bond donors (Lipinski definition) is 2. The van der Waals surface area contributed by atoms with Gasteiger partial charge in [0.05, 0.1) is 20.8 Å². The first-order valence-electron chi connectivity index (χ1n) is 8.45. The lowest BCUT2D eigenvalue weighted by Gasteiger charge is -2.13. The van der Waals surface area contributed by atoms with Crippen LogP contribution < -0.4 is 20.1 Å². The molecule has 0 unspecified atom stereocenters. The van der Waals surface area contributed by atoms with E-state index in [4.69, 9.17) is 9.47 Å². The molecule has 2 aromatic carbocycles. The lowest BCUT2D eigenvalue weighted by atomic mass is 10.1. The molecule has 0 aromatic heterocycles. The Labute approximate surface area is 173 Å². The number of benzene rings is 2. The first kappa shape index (κ1) is 22.1. The second-order valence-electron chi connectivity index (χ2n) is 5.66. The highest BCUT2D eigenvalue weighted by Gasteiger charge is 2.04. The van der Waals surface area contributed by atoms with Crippen molar-refractivity contribution in [3.05, 3.63) is 59.2 Å². The van der Waals surface area contributed by atoms with Gasteiger partial charge in [0.15, 0.2) is 5.96 Å². The summed E-state index contributed by atoms with van der Waals surface area (Å²) in [4.78, 5) is 4.66. The number of aryl methyl sites for hydroxylation is 1. The SMILES string of the molecule is CCNC(=NCc1ccc(C)c(OC)c1)NCc1ccccc1OC.I. The summed E-state index contributed by atoms with van der Waals surface area (Å²) in [6.45, 7) is 6.11. The third kappa shape index (κ3) is 6.40. The molecule has 6 heteroatoms. The van der Waals surface area contributed by atoms with Gasteiger partial charge in [0.25, 0.3) is 0 Å². The highest BCUT2D eigenvalue weighted by molar-refractivity contribution is 14.0. The Bertz CT molecular complexity index is 720. The Hall–Kier alpha value is -1.96. The fraction of sp³-hybridized carbons (Fsp3) is 0.350. The van der Waals surface area contributed by atoms with Gasteiger partial charge >= 0.3 is 0 Å². The van der Waals surface area contributed by atoms with Gasteiger partial charge < -0.3 is 20.1 Å². The summed E-state index contributed by atoms with van der Waals surface area (Å²) in [6.07, 6.45) is 0. The van der Waals surface area contributed by atoms with Gasteiger partial charge in [-0.25, -0.2) is 4.99 Å². The molecule has 2 N–H and O–H groups in total. The van der Waals surface area contributed by atoms with E-state index in [1.165, 1.54) is 0 Å². The van der Waals surface area contributed by atoms with E-state index in [1.54, 1.807) is 14.2 Å². The maximum Gasteiger partial charge on any atom is 0.191 e. The van der Waals surface area contributed by atoms with E-state index in [9.17, 15) is 0 Å². The van der Waals surface area contributed by atoms with Crippen molar-refractivity contribution < 1.29 is 9.47 Å². The molecule has 0 heterocycles. The summed E-state index contributed by atoms with van der Waals surface area (Å²) in [6, 6.07) is 14.1. The van der Waals surface area contributed by atoms with Gasteiger partial charge in [-0.1, -0.05) is 30.3 Å². The molecular formula is C20H28IN3O2. The number of rotatable bonds is 7. The van der Waals surface area contributed by atoms with Gasteiger partial charge in [0, 0.05) is 18.7 Å². The van der Waals surface area contributed by atoms with Crippen LogP contribution in [0.1, 0.15) is 23.6 Å². The molecule has 5 nitrogen and oxygen atoms in total. The van der Waals surface area contributed by atoms with Crippen LogP contribution in [0.4, 0.5) is 0 Å². The highest BCUT2D eigenvalue weighted by atomic mass is 127. The van der Waals surface area contributed by atoms with Crippen molar-refractivity contribution in [2.24, 2.45) is 4.99 Å². The fourth-order valence-corrected chi connectivity index (χ4v) is 2.50. The van der Waals surface area contributed by atoms with Crippen molar-refractivity contribution >= 4 is 29.9 Å². The number of halogens is 1. The molecule has 0 amide bonds. The first-order valence-corrected chi connectivity index (χ1v) is 8.45. The van der Waals surface area contributed by atoms with Gasteiger partial charge in [-0.2, -0.15) is 0 Å². The second-order valence-corrected chi connectivity index (χ2v) is 5.66. The summed E-state index contributed by atoms with van der Waals surface area (Å²) >= 11 is 0. The average molecular weight is 469 g/mol. The van der Waals surface area contributed by atoms with E-state index >= 15 is 0 Å². The predicted molar refractivity (Wildman–Crippen MR) is 118 cm³/mol. The largest absolute Gasteiger partial charge is 0.496 e. The maximum absolute atomic E-state index is 5.39. The number of nitrogens with one attached hydrogen (secondary N) is 2. The predicted octanol–water partition coefficient (Wildman–Crippen LogP) is 3.89. The third-order valence-corrected chi connectivity index (χ3v) is 3.88. The Morgan fingerprint density at radius 2 is 1.73 bits per heavy atom. The van der Waals surface area contributed by atoms with Gasteiger partial charge in [-0.15, -0.1) is 24.0 Å². The molecule has 2 aromatic rings. The van der Waals surface area contributed by atoms with Crippen LogP contribution in [0.25, 0.3) is 0 Å². The second kappa shape index (κ2) is 11.6.